The lowest BCUT2D eigenvalue weighted by Gasteiger charge is -2.21. The first-order chi connectivity index (χ1) is 9.54. The maximum atomic E-state index is 11.4. The Labute approximate surface area is 123 Å². The van der Waals surface area contributed by atoms with Gasteiger partial charge in [-0.3, -0.25) is 4.79 Å². The van der Waals surface area contributed by atoms with Crippen molar-refractivity contribution in [2.24, 2.45) is 5.73 Å². The molecule has 0 saturated carbocycles. The topological polar surface area (TPSA) is 55.6 Å². The average Bonchev–Trinajstić information content (AvgIpc) is 2.45. The number of anilines is 1. The van der Waals surface area contributed by atoms with Crippen LogP contribution in [0.2, 0.25) is 0 Å². The van der Waals surface area contributed by atoms with Crippen molar-refractivity contribution in [3.05, 3.63) is 42.0 Å². The molecule has 2 aromatic rings. The molecule has 0 fully saturated rings. The first kappa shape index (κ1) is 14.3. The van der Waals surface area contributed by atoms with Gasteiger partial charge in [0, 0.05) is 23.7 Å². The van der Waals surface area contributed by atoms with E-state index in [0.29, 0.717) is 4.99 Å². The Kier molecular flexibility index (Phi) is 4.20. The number of nitrogens with two attached hydrogens (primary N) is 1. The van der Waals surface area contributed by atoms with Gasteiger partial charge in [-0.1, -0.05) is 36.5 Å². The Morgan fingerprint density at radius 1 is 1.25 bits per heavy atom. The summed E-state index contributed by atoms with van der Waals surface area (Å²) in [7, 11) is 3.23. The molecule has 0 atom stereocenters. The minimum Gasteiger partial charge on any atom is -0.468 e. The summed E-state index contributed by atoms with van der Waals surface area (Å²) in [4.78, 5) is 13.6. The zero-order valence-corrected chi connectivity index (χ0v) is 12.2. The van der Waals surface area contributed by atoms with Crippen molar-refractivity contribution in [3.8, 4) is 0 Å². The molecule has 0 unspecified atom stereocenters. The highest BCUT2D eigenvalue weighted by Gasteiger charge is 2.13. The molecule has 5 heteroatoms. The van der Waals surface area contributed by atoms with Crippen LogP contribution in [0.3, 0.4) is 0 Å². The lowest BCUT2D eigenvalue weighted by atomic mass is 10.0. The molecule has 0 bridgehead atoms. The van der Waals surface area contributed by atoms with Crippen molar-refractivity contribution in [1.82, 2.24) is 0 Å². The average molecular weight is 288 g/mol. The number of benzene rings is 2. The van der Waals surface area contributed by atoms with E-state index in [4.69, 9.17) is 22.7 Å². The smallest absolute Gasteiger partial charge is 0.325 e. The summed E-state index contributed by atoms with van der Waals surface area (Å²) in [5.41, 5.74) is 7.53. The van der Waals surface area contributed by atoms with E-state index >= 15 is 0 Å². The Bertz CT molecular complexity index is 670. The van der Waals surface area contributed by atoms with Gasteiger partial charge < -0.3 is 15.4 Å². The Morgan fingerprint density at radius 2 is 1.90 bits per heavy atom. The number of rotatable bonds is 4. The van der Waals surface area contributed by atoms with E-state index in [1.165, 1.54) is 7.11 Å². The van der Waals surface area contributed by atoms with E-state index < -0.39 is 0 Å². The molecule has 20 heavy (non-hydrogen) atoms. The molecule has 0 aliphatic carbocycles. The highest BCUT2D eigenvalue weighted by Crippen LogP contribution is 2.28. The minimum atomic E-state index is -0.282. The van der Waals surface area contributed by atoms with Crippen molar-refractivity contribution in [2.75, 3.05) is 25.6 Å². The number of thiocarbonyl (C=S) groups is 1. The number of carbonyl (C=O) groups is 1. The van der Waals surface area contributed by atoms with E-state index in [-0.39, 0.29) is 12.5 Å². The van der Waals surface area contributed by atoms with Crippen LogP contribution in [0.1, 0.15) is 5.56 Å². The molecule has 0 aliphatic heterocycles. The number of likely N-dealkylation sites (N-methyl/N-ethyl adjacent to an activating group) is 1. The zero-order valence-electron chi connectivity index (χ0n) is 11.4. The number of ether oxygens (including phenoxy) is 1. The number of nitrogens with zero attached hydrogens (tertiary/aromatic N) is 1. The molecule has 4 nitrogen and oxygen atoms in total. The number of fused-ring (bicyclic) bond motifs is 1. The van der Waals surface area contributed by atoms with Gasteiger partial charge in [-0.2, -0.15) is 0 Å². The monoisotopic (exact) mass is 288 g/mol. The van der Waals surface area contributed by atoms with Crippen molar-refractivity contribution >= 4 is 39.6 Å². The van der Waals surface area contributed by atoms with Gasteiger partial charge in [-0.05, 0) is 17.5 Å². The predicted octanol–water partition coefficient (Wildman–Crippen LogP) is 2.08. The maximum Gasteiger partial charge on any atom is 0.325 e. The molecule has 2 N–H and O–H groups in total. The molecule has 104 valence electrons. The van der Waals surface area contributed by atoms with Gasteiger partial charge >= 0.3 is 5.97 Å². The van der Waals surface area contributed by atoms with Gasteiger partial charge in [-0.25, -0.2) is 0 Å². The van der Waals surface area contributed by atoms with Crippen molar-refractivity contribution in [2.45, 2.75) is 0 Å². The quantitative estimate of drug-likeness (QED) is 0.689. The molecule has 0 aliphatic rings. The second-order valence-corrected chi connectivity index (χ2v) is 4.91. The molecule has 0 saturated heterocycles. The highest BCUT2D eigenvalue weighted by atomic mass is 32.1. The van der Waals surface area contributed by atoms with Gasteiger partial charge in [0.15, 0.2) is 0 Å². The molecule has 2 rings (SSSR count). The molecule has 0 spiro atoms. The third-order valence-corrected chi connectivity index (χ3v) is 3.39. The molecule has 0 aromatic heterocycles. The van der Waals surface area contributed by atoms with Crippen LogP contribution in [0.5, 0.6) is 0 Å². The first-order valence-electron chi connectivity index (χ1n) is 6.14. The van der Waals surface area contributed by atoms with Crippen LogP contribution in [-0.2, 0) is 9.53 Å². The fourth-order valence-corrected chi connectivity index (χ4v) is 2.35. The second-order valence-electron chi connectivity index (χ2n) is 4.47. The second kappa shape index (κ2) is 5.88. The molecule has 0 heterocycles. The maximum absolute atomic E-state index is 11.4. The summed E-state index contributed by atoms with van der Waals surface area (Å²) in [6.07, 6.45) is 0. The van der Waals surface area contributed by atoms with Gasteiger partial charge in [0.25, 0.3) is 0 Å². The number of hydrogen-bond donors (Lipinski definition) is 1. The van der Waals surface area contributed by atoms with Crippen LogP contribution < -0.4 is 10.6 Å². The van der Waals surface area contributed by atoms with E-state index in [2.05, 4.69) is 0 Å². The normalized spacial score (nSPS) is 10.3. The number of esters is 1. The van der Waals surface area contributed by atoms with Crippen molar-refractivity contribution in [1.29, 1.82) is 0 Å². The van der Waals surface area contributed by atoms with Gasteiger partial charge in [-0.15, -0.1) is 0 Å². The third-order valence-electron chi connectivity index (χ3n) is 3.17. The fraction of sp³-hybridized carbons (Fsp3) is 0.200. The first-order valence-corrected chi connectivity index (χ1v) is 6.55. The summed E-state index contributed by atoms with van der Waals surface area (Å²) in [5, 5.41) is 1.98. The van der Waals surface area contributed by atoms with Gasteiger partial charge in [0.2, 0.25) is 0 Å². The van der Waals surface area contributed by atoms with E-state index in [1.54, 1.807) is 0 Å². The third kappa shape index (κ3) is 2.72. The van der Waals surface area contributed by atoms with Crippen molar-refractivity contribution < 1.29 is 9.53 Å². The number of hydrogen-bond acceptors (Lipinski definition) is 4. The van der Waals surface area contributed by atoms with Crippen LogP contribution in [-0.4, -0.2) is 31.7 Å². The zero-order chi connectivity index (χ0) is 14.7. The highest BCUT2D eigenvalue weighted by molar-refractivity contribution is 7.80. The SMILES string of the molecule is COC(=O)CN(C)c1ccc(C(N)=S)c2ccccc12. The summed E-state index contributed by atoms with van der Waals surface area (Å²) in [6, 6.07) is 11.6. The largest absolute Gasteiger partial charge is 0.468 e. The Morgan fingerprint density at radius 3 is 2.50 bits per heavy atom. The molecule has 0 amide bonds. The van der Waals surface area contributed by atoms with E-state index in [1.807, 2.05) is 48.3 Å². The number of methoxy groups -OCH3 is 1. The Balaban J connectivity index is 2.53. The van der Waals surface area contributed by atoms with Gasteiger partial charge in [0.1, 0.15) is 11.5 Å². The predicted molar refractivity (Wildman–Crippen MR) is 85.1 cm³/mol. The van der Waals surface area contributed by atoms with Crippen LogP contribution >= 0.6 is 12.2 Å². The molecular formula is C15H16N2O2S. The number of carbonyl (C=O) groups excluding carboxylic acids is 1. The lowest BCUT2D eigenvalue weighted by molar-refractivity contribution is -0.138. The Hall–Kier alpha value is -2.14. The standard InChI is InChI=1S/C15H16N2O2S/c1-17(9-14(18)19-2)13-8-7-12(15(16)20)10-5-3-4-6-11(10)13/h3-8H,9H2,1-2H3,(H2,16,20). The van der Waals surface area contributed by atoms with E-state index in [9.17, 15) is 4.79 Å². The van der Waals surface area contributed by atoms with Crippen LogP contribution in [0, 0.1) is 0 Å². The summed E-state index contributed by atoms with van der Waals surface area (Å²) >= 11 is 5.08. The van der Waals surface area contributed by atoms with Gasteiger partial charge in [0.05, 0.1) is 7.11 Å². The molecule has 0 radical (unpaired) electrons. The van der Waals surface area contributed by atoms with E-state index in [0.717, 1.165) is 22.0 Å². The summed E-state index contributed by atoms with van der Waals surface area (Å²) in [5.74, 6) is -0.282. The van der Waals surface area contributed by atoms with Crippen molar-refractivity contribution in [3.63, 3.8) is 0 Å². The minimum absolute atomic E-state index is 0.187. The van der Waals surface area contributed by atoms with Crippen LogP contribution in [0.4, 0.5) is 5.69 Å². The molecular weight excluding hydrogens is 272 g/mol. The summed E-state index contributed by atoms with van der Waals surface area (Å²) < 4.78 is 4.69. The molecule has 2 aromatic carbocycles. The van der Waals surface area contributed by atoms with Crippen LogP contribution in [0.15, 0.2) is 36.4 Å². The fourth-order valence-electron chi connectivity index (χ4n) is 2.17. The summed E-state index contributed by atoms with van der Waals surface area (Å²) in [6.45, 7) is 0.187. The van der Waals surface area contributed by atoms with Crippen LogP contribution in [0.25, 0.3) is 10.8 Å². The lowest BCUT2D eigenvalue weighted by Crippen LogP contribution is -2.26.